The van der Waals surface area contributed by atoms with Gasteiger partial charge in [0, 0.05) is 10.6 Å². The van der Waals surface area contributed by atoms with Crippen molar-refractivity contribution in [2.45, 2.75) is 4.90 Å². The van der Waals surface area contributed by atoms with Crippen molar-refractivity contribution < 1.29 is 27.2 Å². The first-order valence-corrected chi connectivity index (χ1v) is 12.9. The van der Waals surface area contributed by atoms with Crippen LogP contribution >= 0.6 is 23.4 Å². The van der Waals surface area contributed by atoms with Gasteiger partial charge in [0.25, 0.3) is 0 Å². The van der Waals surface area contributed by atoms with E-state index in [9.17, 15) is 13.2 Å². The molecule has 0 spiro atoms. The molecule has 9 heteroatoms. The van der Waals surface area contributed by atoms with E-state index in [0.29, 0.717) is 16.5 Å². The molecule has 0 aliphatic carbocycles. The van der Waals surface area contributed by atoms with Gasteiger partial charge >= 0.3 is 16.1 Å². The molecule has 0 unspecified atom stereocenters. The van der Waals surface area contributed by atoms with Crippen molar-refractivity contribution in [2.75, 3.05) is 18.6 Å². The van der Waals surface area contributed by atoms with Crippen LogP contribution in [0.4, 0.5) is 0 Å². The van der Waals surface area contributed by atoms with Gasteiger partial charge in [-0.25, -0.2) is 4.79 Å². The summed E-state index contributed by atoms with van der Waals surface area (Å²) in [6, 6.07) is 21.8. The number of rotatable bonds is 10. The summed E-state index contributed by atoms with van der Waals surface area (Å²) < 4.78 is 33.2. The third kappa shape index (κ3) is 7.85. The first-order chi connectivity index (χ1) is 15.7. The van der Waals surface area contributed by atoms with Gasteiger partial charge in [-0.15, -0.1) is 11.8 Å². The standard InChI is InChI=1S/C24H21ClO6S2/c1-33(28,29)31-19-9-5-8-18(14-19)21(17-6-3-2-4-7-17)12-13-32-20-10-11-23(22(25)15-20)30-16-24(26)27/h2-12,14-15H,13,16H2,1H3,(H,26,27)/b21-12-. The van der Waals surface area contributed by atoms with Gasteiger partial charge in [-0.3, -0.25) is 0 Å². The molecule has 0 radical (unpaired) electrons. The van der Waals surface area contributed by atoms with E-state index in [1.165, 1.54) is 11.8 Å². The quantitative estimate of drug-likeness (QED) is 0.293. The predicted octanol–water partition coefficient (Wildman–Crippen LogP) is 5.37. The molecular weight excluding hydrogens is 484 g/mol. The number of carboxylic acid groups (broad SMARTS) is 1. The van der Waals surface area contributed by atoms with Gasteiger partial charge in [-0.1, -0.05) is 60.1 Å². The third-order valence-electron chi connectivity index (χ3n) is 4.27. The van der Waals surface area contributed by atoms with Crippen LogP contribution in [0.5, 0.6) is 11.5 Å². The molecule has 3 rings (SSSR count). The molecule has 0 atom stereocenters. The van der Waals surface area contributed by atoms with Crippen LogP contribution in [0.3, 0.4) is 0 Å². The van der Waals surface area contributed by atoms with Gasteiger partial charge in [0.15, 0.2) is 6.61 Å². The van der Waals surface area contributed by atoms with Gasteiger partial charge in [0.1, 0.15) is 11.5 Å². The van der Waals surface area contributed by atoms with Crippen molar-refractivity contribution in [1.29, 1.82) is 0 Å². The zero-order valence-corrected chi connectivity index (χ0v) is 20.0. The van der Waals surface area contributed by atoms with E-state index in [-0.39, 0.29) is 5.75 Å². The normalized spacial score (nSPS) is 11.8. The van der Waals surface area contributed by atoms with E-state index in [2.05, 4.69) is 0 Å². The molecule has 3 aromatic rings. The Morgan fingerprint density at radius 1 is 1.03 bits per heavy atom. The summed E-state index contributed by atoms with van der Waals surface area (Å²) >= 11 is 7.75. The topological polar surface area (TPSA) is 89.9 Å². The Hall–Kier alpha value is -2.94. The van der Waals surface area contributed by atoms with Crippen LogP contribution in [0.15, 0.2) is 83.8 Å². The number of ether oxygens (including phenoxy) is 1. The average molecular weight is 505 g/mol. The summed E-state index contributed by atoms with van der Waals surface area (Å²) in [5, 5.41) is 9.07. The van der Waals surface area contributed by atoms with Gasteiger partial charge in [0.05, 0.1) is 11.3 Å². The van der Waals surface area contributed by atoms with Gasteiger partial charge in [-0.05, 0) is 47.0 Å². The van der Waals surface area contributed by atoms with E-state index in [0.717, 1.165) is 27.9 Å². The van der Waals surface area contributed by atoms with Gasteiger partial charge in [-0.2, -0.15) is 8.42 Å². The lowest BCUT2D eigenvalue weighted by atomic mass is 9.98. The summed E-state index contributed by atoms with van der Waals surface area (Å²) in [4.78, 5) is 11.6. The molecule has 3 aromatic carbocycles. The molecule has 1 N–H and O–H groups in total. The fourth-order valence-electron chi connectivity index (χ4n) is 2.96. The molecule has 33 heavy (non-hydrogen) atoms. The molecule has 0 saturated heterocycles. The summed E-state index contributed by atoms with van der Waals surface area (Å²) in [5.74, 6) is 0.0847. The van der Waals surface area contributed by atoms with Gasteiger partial charge in [0.2, 0.25) is 0 Å². The largest absolute Gasteiger partial charge is 0.480 e. The van der Waals surface area contributed by atoms with E-state index in [1.807, 2.05) is 48.5 Å². The summed E-state index contributed by atoms with van der Waals surface area (Å²) in [7, 11) is -3.63. The molecule has 172 valence electrons. The Labute approximate surface area is 201 Å². The lowest BCUT2D eigenvalue weighted by Crippen LogP contribution is -2.09. The molecule has 0 aliphatic heterocycles. The fraction of sp³-hybridized carbons (Fsp3) is 0.125. The number of halogens is 1. The second-order valence-electron chi connectivity index (χ2n) is 6.88. The zero-order chi connectivity index (χ0) is 23.8. The molecule has 6 nitrogen and oxygen atoms in total. The van der Waals surface area contributed by atoms with Crippen molar-refractivity contribution in [1.82, 2.24) is 0 Å². The van der Waals surface area contributed by atoms with Crippen LogP contribution in [0.25, 0.3) is 5.57 Å². The van der Waals surface area contributed by atoms with Crippen molar-refractivity contribution in [2.24, 2.45) is 0 Å². The van der Waals surface area contributed by atoms with E-state index in [1.54, 1.807) is 30.3 Å². The van der Waals surface area contributed by atoms with Crippen LogP contribution in [-0.2, 0) is 14.9 Å². The minimum atomic E-state index is -3.63. The highest BCUT2D eigenvalue weighted by Crippen LogP contribution is 2.32. The fourth-order valence-corrected chi connectivity index (χ4v) is 4.52. The number of hydrogen-bond acceptors (Lipinski definition) is 6. The smallest absolute Gasteiger partial charge is 0.341 e. The van der Waals surface area contributed by atoms with E-state index in [4.69, 9.17) is 25.6 Å². The van der Waals surface area contributed by atoms with Gasteiger partial charge < -0.3 is 14.0 Å². The maximum atomic E-state index is 11.5. The number of carbonyl (C=O) groups is 1. The minimum absolute atomic E-state index is 0.244. The van der Waals surface area contributed by atoms with Crippen LogP contribution in [0.1, 0.15) is 11.1 Å². The third-order valence-corrected chi connectivity index (χ3v) is 5.98. The van der Waals surface area contributed by atoms with Crippen molar-refractivity contribution >= 4 is 45.0 Å². The lowest BCUT2D eigenvalue weighted by molar-refractivity contribution is -0.139. The molecular formula is C24H21ClO6S2. The average Bonchev–Trinajstić information content (AvgIpc) is 2.75. The number of thioether (sulfide) groups is 1. The second kappa shape index (κ2) is 11.3. The van der Waals surface area contributed by atoms with Crippen molar-refractivity contribution in [3.8, 4) is 11.5 Å². The number of carboxylic acids is 1. The zero-order valence-electron chi connectivity index (χ0n) is 17.6. The number of benzene rings is 3. The molecule has 0 amide bonds. The Morgan fingerprint density at radius 3 is 2.42 bits per heavy atom. The van der Waals surface area contributed by atoms with Crippen molar-refractivity contribution in [3.63, 3.8) is 0 Å². The minimum Gasteiger partial charge on any atom is -0.480 e. The Balaban J connectivity index is 1.82. The number of hydrogen-bond donors (Lipinski definition) is 1. The Morgan fingerprint density at radius 2 is 1.76 bits per heavy atom. The first-order valence-electron chi connectivity index (χ1n) is 9.74. The molecule has 0 saturated carbocycles. The SMILES string of the molecule is CS(=O)(=O)Oc1cccc(/C(=C\CSc2ccc(OCC(=O)O)c(Cl)c2)c2ccccc2)c1. The Kier molecular flexibility index (Phi) is 8.43. The highest BCUT2D eigenvalue weighted by Gasteiger charge is 2.10. The van der Waals surface area contributed by atoms with Crippen LogP contribution in [0.2, 0.25) is 5.02 Å². The second-order valence-corrected chi connectivity index (χ2v) is 9.96. The molecule has 0 aliphatic rings. The highest BCUT2D eigenvalue weighted by molar-refractivity contribution is 7.99. The Bertz CT molecular complexity index is 1260. The van der Waals surface area contributed by atoms with Crippen LogP contribution in [-0.4, -0.2) is 38.1 Å². The highest BCUT2D eigenvalue weighted by atomic mass is 35.5. The van der Waals surface area contributed by atoms with Crippen LogP contribution < -0.4 is 8.92 Å². The van der Waals surface area contributed by atoms with Crippen molar-refractivity contribution in [3.05, 3.63) is 95.0 Å². The molecule has 0 heterocycles. The molecule has 0 bridgehead atoms. The maximum absolute atomic E-state index is 11.5. The summed E-state index contributed by atoms with van der Waals surface area (Å²) in [6.45, 7) is -0.461. The summed E-state index contributed by atoms with van der Waals surface area (Å²) in [5.41, 5.74) is 2.72. The first kappa shape index (κ1) is 24.7. The van der Waals surface area contributed by atoms with Crippen LogP contribution in [0, 0.1) is 0 Å². The predicted molar refractivity (Wildman–Crippen MR) is 131 cm³/mol. The molecule has 0 aromatic heterocycles. The summed E-state index contributed by atoms with van der Waals surface area (Å²) in [6.07, 6.45) is 3.05. The van der Waals surface area contributed by atoms with E-state index < -0.39 is 22.7 Å². The monoisotopic (exact) mass is 504 g/mol. The molecule has 0 fully saturated rings. The maximum Gasteiger partial charge on any atom is 0.341 e. The lowest BCUT2D eigenvalue weighted by Gasteiger charge is -2.11. The number of aliphatic carboxylic acids is 1. The van der Waals surface area contributed by atoms with E-state index >= 15 is 0 Å².